The van der Waals surface area contributed by atoms with E-state index in [4.69, 9.17) is 0 Å². The molecule has 0 spiro atoms. The molecular formula is C26H25N3O2. The first-order valence-electron chi connectivity index (χ1n) is 9.98. The molecule has 3 aromatic rings. The van der Waals surface area contributed by atoms with Crippen molar-refractivity contribution in [3.05, 3.63) is 89.2 Å². The second kappa shape index (κ2) is 9.27. The summed E-state index contributed by atoms with van der Waals surface area (Å²) in [6.07, 6.45) is 3.22. The number of aryl methyl sites for hydroxylation is 1. The maximum atomic E-state index is 12.8. The molecule has 1 heterocycles. The Morgan fingerprint density at radius 2 is 1.68 bits per heavy atom. The fraction of sp³-hybridized carbons (Fsp3) is 0.192. The standard InChI is InChI=1S/C26H25N3O2/c1-18-10-11-21(16-23(18)25(31)29-22-9-6-14-27-17-22)28-24(30)20-8-5-7-19(15-20)12-13-26(2,3)4/h5-11,14-17H,1-4H3,(H,28,30)(H,29,31). The van der Waals surface area contributed by atoms with Crippen molar-refractivity contribution in [3.8, 4) is 11.8 Å². The summed E-state index contributed by atoms with van der Waals surface area (Å²) in [5.41, 5.74) is 3.59. The van der Waals surface area contributed by atoms with Crippen LogP contribution >= 0.6 is 0 Å². The number of aromatic nitrogens is 1. The van der Waals surface area contributed by atoms with Gasteiger partial charge in [-0.05, 0) is 75.7 Å². The quantitative estimate of drug-likeness (QED) is 0.573. The van der Waals surface area contributed by atoms with E-state index in [2.05, 4.69) is 27.5 Å². The molecule has 0 bridgehead atoms. The monoisotopic (exact) mass is 411 g/mol. The van der Waals surface area contributed by atoms with E-state index in [1.54, 1.807) is 54.9 Å². The average molecular weight is 412 g/mol. The highest BCUT2D eigenvalue weighted by atomic mass is 16.2. The van der Waals surface area contributed by atoms with Gasteiger partial charge in [0.25, 0.3) is 11.8 Å². The lowest BCUT2D eigenvalue weighted by atomic mass is 9.97. The third-order valence-electron chi connectivity index (χ3n) is 4.37. The van der Waals surface area contributed by atoms with Gasteiger partial charge in [0.2, 0.25) is 0 Å². The predicted molar refractivity (Wildman–Crippen MR) is 124 cm³/mol. The lowest BCUT2D eigenvalue weighted by Crippen LogP contribution is -2.16. The van der Waals surface area contributed by atoms with Gasteiger partial charge in [0.1, 0.15) is 0 Å². The van der Waals surface area contributed by atoms with Crippen molar-refractivity contribution in [1.82, 2.24) is 4.98 Å². The minimum atomic E-state index is -0.263. The second-order valence-electron chi connectivity index (χ2n) is 8.26. The molecule has 3 rings (SSSR count). The summed E-state index contributed by atoms with van der Waals surface area (Å²) in [7, 11) is 0. The van der Waals surface area contributed by atoms with Crippen LogP contribution in [0.15, 0.2) is 67.0 Å². The largest absolute Gasteiger partial charge is 0.322 e. The van der Waals surface area contributed by atoms with E-state index in [1.807, 2.05) is 39.8 Å². The molecule has 0 unspecified atom stereocenters. The molecule has 0 aliphatic rings. The van der Waals surface area contributed by atoms with Crippen LogP contribution in [0.4, 0.5) is 11.4 Å². The first-order valence-corrected chi connectivity index (χ1v) is 9.98. The first kappa shape index (κ1) is 21.8. The molecule has 2 N–H and O–H groups in total. The Bertz CT molecular complexity index is 1170. The van der Waals surface area contributed by atoms with Crippen LogP contribution in [0.5, 0.6) is 0 Å². The lowest BCUT2D eigenvalue weighted by Gasteiger charge is -2.11. The Morgan fingerprint density at radius 3 is 2.39 bits per heavy atom. The van der Waals surface area contributed by atoms with Crippen molar-refractivity contribution in [2.45, 2.75) is 27.7 Å². The van der Waals surface area contributed by atoms with Gasteiger partial charge >= 0.3 is 0 Å². The molecule has 0 saturated heterocycles. The maximum absolute atomic E-state index is 12.8. The predicted octanol–water partition coefficient (Wildman–Crippen LogP) is 5.29. The number of hydrogen-bond donors (Lipinski definition) is 2. The van der Waals surface area contributed by atoms with Gasteiger partial charge in [-0.3, -0.25) is 14.6 Å². The molecule has 0 aliphatic heterocycles. The van der Waals surface area contributed by atoms with Gasteiger partial charge in [-0.1, -0.05) is 24.0 Å². The van der Waals surface area contributed by atoms with Gasteiger partial charge in [-0.15, -0.1) is 0 Å². The zero-order valence-electron chi connectivity index (χ0n) is 18.1. The molecule has 0 fully saturated rings. The van der Waals surface area contributed by atoms with E-state index in [1.165, 1.54) is 0 Å². The molecule has 31 heavy (non-hydrogen) atoms. The molecule has 1 aromatic heterocycles. The normalized spacial score (nSPS) is 10.6. The number of amides is 2. The fourth-order valence-electron chi connectivity index (χ4n) is 2.78. The first-order chi connectivity index (χ1) is 14.7. The number of hydrogen-bond acceptors (Lipinski definition) is 3. The van der Waals surface area contributed by atoms with Crippen LogP contribution in [0.1, 0.15) is 52.6 Å². The number of nitrogens with one attached hydrogen (secondary N) is 2. The van der Waals surface area contributed by atoms with Crippen molar-refractivity contribution in [1.29, 1.82) is 0 Å². The highest BCUT2D eigenvalue weighted by Gasteiger charge is 2.13. The zero-order chi connectivity index (χ0) is 22.4. The van der Waals surface area contributed by atoms with Crippen molar-refractivity contribution in [3.63, 3.8) is 0 Å². The minimum absolute atomic E-state index is 0.118. The smallest absolute Gasteiger partial charge is 0.256 e. The molecule has 0 aliphatic carbocycles. The van der Waals surface area contributed by atoms with Crippen LogP contribution in [0.2, 0.25) is 0 Å². The third kappa shape index (κ3) is 6.28. The number of anilines is 2. The van der Waals surface area contributed by atoms with Crippen molar-refractivity contribution in [2.24, 2.45) is 5.41 Å². The van der Waals surface area contributed by atoms with Gasteiger partial charge in [-0.2, -0.15) is 0 Å². The van der Waals surface area contributed by atoms with E-state index >= 15 is 0 Å². The fourth-order valence-corrected chi connectivity index (χ4v) is 2.78. The van der Waals surface area contributed by atoms with Crippen LogP contribution in [0, 0.1) is 24.2 Å². The molecule has 0 saturated carbocycles. The van der Waals surface area contributed by atoms with E-state index < -0.39 is 0 Å². The molecule has 5 nitrogen and oxygen atoms in total. The minimum Gasteiger partial charge on any atom is -0.322 e. The Hall–Kier alpha value is -3.91. The average Bonchev–Trinajstić information content (AvgIpc) is 2.74. The van der Waals surface area contributed by atoms with Gasteiger partial charge in [0.15, 0.2) is 0 Å². The summed E-state index contributed by atoms with van der Waals surface area (Å²) in [5, 5.41) is 5.68. The van der Waals surface area contributed by atoms with Gasteiger partial charge in [0, 0.05) is 34.0 Å². The topological polar surface area (TPSA) is 71.1 Å². The van der Waals surface area contributed by atoms with Crippen LogP contribution in [0.25, 0.3) is 0 Å². The lowest BCUT2D eigenvalue weighted by molar-refractivity contribution is 0.101. The summed E-state index contributed by atoms with van der Waals surface area (Å²) in [4.78, 5) is 29.4. The molecule has 5 heteroatoms. The van der Waals surface area contributed by atoms with E-state index in [0.29, 0.717) is 22.5 Å². The van der Waals surface area contributed by atoms with Gasteiger partial charge in [0.05, 0.1) is 11.9 Å². The van der Waals surface area contributed by atoms with Crippen molar-refractivity contribution >= 4 is 23.2 Å². The number of nitrogens with zero attached hydrogens (tertiary/aromatic N) is 1. The zero-order valence-corrected chi connectivity index (χ0v) is 18.1. The third-order valence-corrected chi connectivity index (χ3v) is 4.37. The SMILES string of the molecule is Cc1ccc(NC(=O)c2cccc(C#CC(C)(C)C)c2)cc1C(=O)Nc1cccnc1. The van der Waals surface area contributed by atoms with Crippen LogP contribution in [-0.4, -0.2) is 16.8 Å². The van der Waals surface area contributed by atoms with E-state index in [0.717, 1.165) is 11.1 Å². The molecule has 0 atom stereocenters. The molecule has 2 amide bonds. The van der Waals surface area contributed by atoms with E-state index in [9.17, 15) is 9.59 Å². The van der Waals surface area contributed by atoms with Crippen LogP contribution in [-0.2, 0) is 0 Å². The number of carbonyl (C=O) groups excluding carboxylic acids is 2. The van der Waals surface area contributed by atoms with Crippen molar-refractivity contribution in [2.75, 3.05) is 10.6 Å². The number of rotatable bonds is 4. The highest BCUT2D eigenvalue weighted by molar-refractivity contribution is 6.08. The Kier molecular flexibility index (Phi) is 6.52. The number of benzene rings is 2. The number of carbonyl (C=O) groups is 2. The summed E-state index contributed by atoms with van der Waals surface area (Å²) in [6.45, 7) is 7.96. The highest BCUT2D eigenvalue weighted by Crippen LogP contribution is 2.18. The van der Waals surface area contributed by atoms with Crippen molar-refractivity contribution < 1.29 is 9.59 Å². The Balaban J connectivity index is 1.77. The summed E-state index contributed by atoms with van der Waals surface area (Å²) in [6, 6.07) is 15.9. The van der Waals surface area contributed by atoms with Gasteiger partial charge in [-0.25, -0.2) is 0 Å². The number of pyridine rings is 1. The summed E-state index contributed by atoms with van der Waals surface area (Å²) < 4.78 is 0. The molecule has 0 radical (unpaired) electrons. The second-order valence-corrected chi connectivity index (χ2v) is 8.26. The maximum Gasteiger partial charge on any atom is 0.256 e. The Morgan fingerprint density at radius 1 is 0.903 bits per heavy atom. The molecule has 156 valence electrons. The van der Waals surface area contributed by atoms with Crippen LogP contribution < -0.4 is 10.6 Å². The molecular weight excluding hydrogens is 386 g/mol. The Labute approximate surface area is 182 Å². The summed E-state index contributed by atoms with van der Waals surface area (Å²) in [5.74, 6) is 5.75. The van der Waals surface area contributed by atoms with Gasteiger partial charge < -0.3 is 10.6 Å². The van der Waals surface area contributed by atoms with Crippen LogP contribution in [0.3, 0.4) is 0 Å². The molecule has 2 aromatic carbocycles. The van der Waals surface area contributed by atoms with E-state index in [-0.39, 0.29) is 17.2 Å². The summed E-state index contributed by atoms with van der Waals surface area (Å²) >= 11 is 0.